The molecule has 0 aromatic rings. The van der Waals surface area contributed by atoms with Crippen molar-refractivity contribution in [1.29, 1.82) is 5.41 Å². The lowest BCUT2D eigenvalue weighted by Gasteiger charge is -2.24. The Labute approximate surface area is 77.0 Å². The van der Waals surface area contributed by atoms with E-state index in [2.05, 4.69) is 0 Å². The van der Waals surface area contributed by atoms with Gasteiger partial charge in [-0.1, -0.05) is 0 Å². The monoisotopic (exact) mass is 188 g/mol. The zero-order valence-electron chi connectivity index (χ0n) is 7.66. The molecule has 6 nitrogen and oxygen atoms in total. The number of rotatable bonds is 5. The van der Waals surface area contributed by atoms with Crippen LogP contribution in [0.5, 0.6) is 0 Å². The van der Waals surface area contributed by atoms with Gasteiger partial charge in [0.15, 0.2) is 5.96 Å². The van der Waals surface area contributed by atoms with E-state index in [1.807, 2.05) is 0 Å². The highest BCUT2D eigenvalue weighted by Gasteiger charge is 2.10. The van der Waals surface area contributed by atoms with Crippen molar-refractivity contribution in [1.82, 2.24) is 4.90 Å². The molecule has 13 heavy (non-hydrogen) atoms. The van der Waals surface area contributed by atoms with E-state index in [4.69, 9.17) is 22.0 Å². The first-order valence-corrected chi connectivity index (χ1v) is 3.99. The van der Waals surface area contributed by atoms with Crippen molar-refractivity contribution < 1.29 is 9.90 Å². The topological polar surface area (TPSA) is 116 Å². The van der Waals surface area contributed by atoms with E-state index in [0.29, 0.717) is 12.8 Å². The Morgan fingerprint density at radius 3 is 2.62 bits per heavy atom. The average Bonchev–Trinajstić information content (AvgIpc) is 2.02. The van der Waals surface area contributed by atoms with Gasteiger partial charge in [0.1, 0.15) is 0 Å². The van der Waals surface area contributed by atoms with Crippen LogP contribution < -0.4 is 11.5 Å². The van der Waals surface area contributed by atoms with Crippen LogP contribution >= 0.6 is 0 Å². The predicted molar refractivity (Wildman–Crippen MR) is 49.1 cm³/mol. The fraction of sp³-hybridized carbons (Fsp3) is 0.714. The largest absolute Gasteiger partial charge is 0.481 e. The van der Waals surface area contributed by atoms with E-state index >= 15 is 0 Å². The third-order valence-electron chi connectivity index (χ3n) is 1.77. The highest BCUT2D eigenvalue weighted by molar-refractivity contribution is 5.74. The summed E-state index contributed by atoms with van der Waals surface area (Å²) in [5, 5.41) is 15.4. The Balaban J connectivity index is 3.67. The summed E-state index contributed by atoms with van der Waals surface area (Å²) >= 11 is 0. The Morgan fingerprint density at radius 2 is 2.23 bits per heavy atom. The standard InChI is InChI=1S/C7H16N4O2/c1-11(7(9)10)5(8)3-2-4-6(12)13/h5H,2-4,8H2,1H3,(H3,9,10)(H,12,13). The van der Waals surface area contributed by atoms with Crippen molar-refractivity contribution in [3.05, 3.63) is 0 Å². The predicted octanol–water partition coefficient (Wildman–Crippen LogP) is -0.649. The van der Waals surface area contributed by atoms with Gasteiger partial charge < -0.3 is 21.5 Å². The van der Waals surface area contributed by atoms with Crippen molar-refractivity contribution in [2.24, 2.45) is 11.5 Å². The van der Waals surface area contributed by atoms with Crippen LogP contribution in [-0.2, 0) is 4.79 Å². The molecule has 1 atom stereocenters. The maximum Gasteiger partial charge on any atom is 0.303 e. The van der Waals surface area contributed by atoms with Crippen molar-refractivity contribution in [2.45, 2.75) is 25.4 Å². The second kappa shape index (κ2) is 5.36. The third kappa shape index (κ3) is 5.02. The molecule has 0 radical (unpaired) electrons. The van der Waals surface area contributed by atoms with Crippen LogP contribution in [0.3, 0.4) is 0 Å². The number of nitrogens with two attached hydrogens (primary N) is 2. The first kappa shape index (κ1) is 11.7. The lowest BCUT2D eigenvalue weighted by molar-refractivity contribution is -0.137. The number of guanidine groups is 1. The molecule has 0 aliphatic heterocycles. The molecule has 6 heteroatoms. The fourth-order valence-electron chi connectivity index (χ4n) is 0.835. The van der Waals surface area contributed by atoms with Crippen LogP contribution in [0, 0.1) is 5.41 Å². The van der Waals surface area contributed by atoms with Crippen LogP contribution in [0.2, 0.25) is 0 Å². The summed E-state index contributed by atoms with van der Waals surface area (Å²) < 4.78 is 0. The lowest BCUT2D eigenvalue weighted by atomic mass is 10.2. The zero-order valence-corrected chi connectivity index (χ0v) is 7.66. The van der Waals surface area contributed by atoms with Gasteiger partial charge in [0.2, 0.25) is 0 Å². The van der Waals surface area contributed by atoms with Crippen molar-refractivity contribution in [2.75, 3.05) is 7.05 Å². The minimum Gasteiger partial charge on any atom is -0.481 e. The van der Waals surface area contributed by atoms with E-state index in [0.717, 1.165) is 0 Å². The number of carboxylic acids is 1. The quantitative estimate of drug-likeness (QED) is 0.260. The molecule has 0 rings (SSSR count). The minimum atomic E-state index is -0.835. The Hall–Kier alpha value is -1.30. The molecule has 0 fully saturated rings. The van der Waals surface area contributed by atoms with Crippen molar-refractivity contribution >= 4 is 11.9 Å². The van der Waals surface area contributed by atoms with Crippen LogP contribution in [-0.4, -0.2) is 35.1 Å². The van der Waals surface area contributed by atoms with E-state index in [1.54, 1.807) is 7.05 Å². The molecule has 0 saturated carbocycles. The molecule has 0 amide bonds. The maximum absolute atomic E-state index is 10.2. The highest BCUT2D eigenvalue weighted by atomic mass is 16.4. The van der Waals surface area contributed by atoms with E-state index in [-0.39, 0.29) is 18.5 Å². The molecule has 0 saturated heterocycles. The van der Waals surface area contributed by atoms with E-state index < -0.39 is 5.97 Å². The second-order valence-electron chi connectivity index (χ2n) is 2.85. The minimum absolute atomic E-state index is 0.0967. The number of hydrogen-bond acceptors (Lipinski definition) is 3. The van der Waals surface area contributed by atoms with Gasteiger partial charge in [-0.25, -0.2) is 0 Å². The average molecular weight is 188 g/mol. The third-order valence-corrected chi connectivity index (χ3v) is 1.77. The smallest absolute Gasteiger partial charge is 0.303 e. The highest BCUT2D eigenvalue weighted by Crippen LogP contribution is 2.01. The molecule has 0 aliphatic carbocycles. The molecule has 0 bridgehead atoms. The first-order chi connectivity index (χ1) is 5.95. The normalized spacial score (nSPS) is 12.2. The Bertz CT molecular complexity index is 195. The van der Waals surface area contributed by atoms with E-state index in [9.17, 15) is 4.79 Å². The van der Waals surface area contributed by atoms with Crippen molar-refractivity contribution in [3.63, 3.8) is 0 Å². The summed E-state index contributed by atoms with van der Waals surface area (Å²) in [4.78, 5) is 11.6. The lowest BCUT2D eigenvalue weighted by Crippen LogP contribution is -2.46. The zero-order chi connectivity index (χ0) is 10.4. The Kier molecular flexibility index (Phi) is 4.83. The van der Waals surface area contributed by atoms with Crippen LogP contribution in [0.15, 0.2) is 0 Å². The summed E-state index contributed by atoms with van der Waals surface area (Å²) in [5.74, 6) is -0.944. The van der Waals surface area contributed by atoms with Crippen molar-refractivity contribution in [3.8, 4) is 0 Å². The van der Waals surface area contributed by atoms with Gasteiger partial charge in [0.05, 0.1) is 6.17 Å². The second-order valence-corrected chi connectivity index (χ2v) is 2.85. The molecular weight excluding hydrogens is 172 g/mol. The van der Waals surface area contributed by atoms with Gasteiger partial charge in [0.25, 0.3) is 0 Å². The molecule has 0 spiro atoms. The molecule has 0 heterocycles. The number of carboxylic acid groups (broad SMARTS) is 1. The summed E-state index contributed by atoms with van der Waals surface area (Å²) in [5.41, 5.74) is 10.8. The molecule has 6 N–H and O–H groups in total. The fourth-order valence-corrected chi connectivity index (χ4v) is 0.835. The molecule has 0 aromatic carbocycles. The van der Waals surface area contributed by atoms with Gasteiger partial charge in [-0.2, -0.15) is 0 Å². The molecule has 76 valence electrons. The summed E-state index contributed by atoms with van der Waals surface area (Å²) in [6, 6.07) is 0. The number of hydrogen-bond donors (Lipinski definition) is 4. The van der Waals surface area contributed by atoms with Gasteiger partial charge in [-0.3, -0.25) is 10.2 Å². The number of aliphatic carboxylic acids is 1. The summed E-state index contributed by atoms with van der Waals surface area (Å²) in [6.07, 6.45) is 0.729. The molecular formula is C7H16N4O2. The van der Waals surface area contributed by atoms with E-state index in [1.165, 1.54) is 4.90 Å². The number of carbonyl (C=O) groups is 1. The molecule has 1 unspecified atom stereocenters. The van der Waals surface area contributed by atoms with Gasteiger partial charge in [-0.15, -0.1) is 0 Å². The SMILES string of the molecule is CN(C(=N)N)C(N)CCCC(=O)O. The molecule has 0 aliphatic rings. The summed E-state index contributed by atoms with van der Waals surface area (Å²) in [6.45, 7) is 0. The van der Waals surface area contributed by atoms with Gasteiger partial charge in [0, 0.05) is 13.5 Å². The van der Waals surface area contributed by atoms with Crippen LogP contribution in [0.25, 0.3) is 0 Å². The summed E-state index contributed by atoms with van der Waals surface area (Å²) in [7, 11) is 1.60. The van der Waals surface area contributed by atoms with Crippen LogP contribution in [0.1, 0.15) is 19.3 Å². The molecule has 0 aromatic heterocycles. The maximum atomic E-state index is 10.2. The van der Waals surface area contributed by atoms with Gasteiger partial charge in [-0.05, 0) is 12.8 Å². The number of nitrogens with zero attached hydrogens (tertiary/aromatic N) is 1. The Morgan fingerprint density at radius 1 is 1.69 bits per heavy atom. The first-order valence-electron chi connectivity index (χ1n) is 3.99. The van der Waals surface area contributed by atoms with Gasteiger partial charge >= 0.3 is 5.97 Å². The van der Waals surface area contributed by atoms with Crippen LogP contribution in [0.4, 0.5) is 0 Å². The number of nitrogens with one attached hydrogen (secondary N) is 1.